The first-order valence-corrected chi connectivity index (χ1v) is 13.8. The highest BCUT2D eigenvalue weighted by Crippen LogP contribution is 2.32. The zero-order chi connectivity index (χ0) is 27.4. The lowest BCUT2D eigenvalue weighted by atomic mass is 9.91. The standard InChI is InChI=1S/C33H37N3O3.HI/c1-36(2,30-12-14-31(37)15-13-30)22-24-5-10-29(11-6-24)35-33(38)27-17-18-39-32-16-9-26(19-28(32)20-27)25-7-3-23(21-34)4-8-25;/h3-11,16,19-20,30H,12-15,17-18,21-22,34H2,1-2H3;1H. The number of amides is 1. The van der Waals surface area contributed by atoms with E-state index in [0.717, 1.165) is 57.6 Å². The first kappa shape index (κ1) is 30.0. The van der Waals surface area contributed by atoms with Crippen molar-refractivity contribution < 1.29 is 42.8 Å². The van der Waals surface area contributed by atoms with Gasteiger partial charge in [0, 0.05) is 61.0 Å². The molecular formula is C33H38IN3O3. The molecule has 0 bridgehead atoms. The molecule has 210 valence electrons. The van der Waals surface area contributed by atoms with Gasteiger partial charge in [-0.3, -0.25) is 9.59 Å². The van der Waals surface area contributed by atoms with E-state index in [0.29, 0.717) is 49.8 Å². The Morgan fingerprint density at radius 2 is 1.57 bits per heavy atom. The first-order chi connectivity index (χ1) is 18.8. The summed E-state index contributed by atoms with van der Waals surface area (Å²) in [6.45, 7) is 1.86. The van der Waals surface area contributed by atoms with Gasteiger partial charge in [0.2, 0.25) is 0 Å². The Morgan fingerprint density at radius 1 is 0.925 bits per heavy atom. The van der Waals surface area contributed by atoms with Gasteiger partial charge in [0.05, 0.1) is 26.7 Å². The van der Waals surface area contributed by atoms with Crippen molar-refractivity contribution in [2.75, 3.05) is 26.0 Å². The first-order valence-electron chi connectivity index (χ1n) is 13.8. The lowest BCUT2D eigenvalue weighted by molar-refractivity contribution is -0.928. The number of benzene rings is 3. The summed E-state index contributed by atoms with van der Waals surface area (Å²) in [7, 11) is 4.49. The molecule has 3 N–H and O–H groups in total. The molecule has 5 rings (SSSR count). The third-order valence-corrected chi connectivity index (χ3v) is 8.09. The summed E-state index contributed by atoms with van der Waals surface area (Å²) in [5.74, 6) is 1.07. The van der Waals surface area contributed by atoms with Crippen LogP contribution in [-0.2, 0) is 22.7 Å². The number of carbonyl (C=O) groups excluding carboxylic acids is 2. The van der Waals surface area contributed by atoms with Gasteiger partial charge in [-0.1, -0.05) is 42.5 Å². The number of fused-ring (bicyclic) bond motifs is 1. The number of quaternary nitrogens is 1. The maximum absolute atomic E-state index is 13.2. The van der Waals surface area contributed by atoms with Crippen LogP contribution in [0.25, 0.3) is 17.2 Å². The molecule has 6 nitrogen and oxygen atoms in total. The molecule has 0 saturated heterocycles. The number of nitrogens with one attached hydrogen (secondary N) is 1. The average molecular weight is 652 g/mol. The van der Waals surface area contributed by atoms with Gasteiger partial charge in [-0.05, 0) is 47.0 Å². The molecule has 0 radical (unpaired) electrons. The second kappa shape index (κ2) is 13.1. The zero-order valence-electron chi connectivity index (χ0n) is 23.3. The number of nitrogens with zero attached hydrogens (tertiary/aromatic N) is 1. The smallest absolute Gasteiger partial charge is 0.251 e. The van der Waals surface area contributed by atoms with Gasteiger partial charge in [0.15, 0.2) is 0 Å². The van der Waals surface area contributed by atoms with Crippen LogP contribution in [-0.4, -0.2) is 42.9 Å². The Kier molecular flexibility index (Phi) is 9.81. The number of hydrogen-bond donors (Lipinski definition) is 2. The number of anilines is 1. The molecule has 3 aromatic carbocycles. The van der Waals surface area contributed by atoms with Crippen LogP contribution in [0.5, 0.6) is 5.75 Å². The zero-order valence-corrected chi connectivity index (χ0v) is 25.4. The highest BCUT2D eigenvalue weighted by Gasteiger charge is 2.32. The number of rotatable bonds is 7. The molecule has 0 atom stereocenters. The molecule has 0 aromatic heterocycles. The fourth-order valence-corrected chi connectivity index (χ4v) is 5.64. The fourth-order valence-electron chi connectivity index (χ4n) is 5.64. The minimum Gasteiger partial charge on any atom is -1.00 e. The molecule has 1 aliphatic carbocycles. The van der Waals surface area contributed by atoms with Gasteiger partial charge in [-0.15, -0.1) is 0 Å². The monoisotopic (exact) mass is 651 g/mol. The number of ether oxygens (including phenoxy) is 1. The number of ketones is 1. The van der Waals surface area contributed by atoms with Crippen molar-refractivity contribution in [3.8, 4) is 16.9 Å². The van der Waals surface area contributed by atoms with Gasteiger partial charge in [-0.2, -0.15) is 0 Å². The van der Waals surface area contributed by atoms with Crippen molar-refractivity contribution in [3.05, 3.63) is 89.0 Å². The molecule has 1 aliphatic heterocycles. The van der Waals surface area contributed by atoms with Gasteiger partial charge in [0.1, 0.15) is 18.1 Å². The van der Waals surface area contributed by atoms with E-state index < -0.39 is 0 Å². The maximum atomic E-state index is 13.2. The highest BCUT2D eigenvalue weighted by atomic mass is 127. The SMILES string of the molecule is C[N+](C)(Cc1ccc(NC(=O)C2=Cc3cc(-c4ccc(CN)cc4)ccc3OCC2)cc1)C1CCC(=O)CC1.[I-]. The molecule has 2 aliphatic rings. The van der Waals surface area contributed by atoms with E-state index >= 15 is 0 Å². The van der Waals surface area contributed by atoms with Crippen molar-refractivity contribution in [1.29, 1.82) is 0 Å². The van der Waals surface area contributed by atoms with E-state index in [2.05, 4.69) is 49.7 Å². The van der Waals surface area contributed by atoms with Crippen LogP contribution >= 0.6 is 0 Å². The molecule has 3 aromatic rings. The summed E-state index contributed by atoms with van der Waals surface area (Å²) in [6, 6.07) is 22.9. The quantitative estimate of drug-likeness (QED) is 0.305. The van der Waals surface area contributed by atoms with Crippen LogP contribution in [0.15, 0.2) is 72.3 Å². The van der Waals surface area contributed by atoms with Gasteiger partial charge in [0.25, 0.3) is 5.91 Å². The average Bonchev–Trinajstić information content (AvgIpc) is 3.16. The third kappa shape index (κ3) is 7.19. The number of nitrogens with two attached hydrogens (primary N) is 1. The molecule has 7 heteroatoms. The van der Waals surface area contributed by atoms with Crippen LogP contribution < -0.4 is 39.8 Å². The Bertz CT molecular complexity index is 1370. The minimum absolute atomic E-state index is 0. The van der Waals surface area contributed by atoms with E-state index in [1.54, 1.807) is 0 Å². The van der Waals surface area contributed by atoms with E-state index in [1.807, 2.05) is 42.5 Å². The van der Waals surface area contributed by atoms with Gasteiger partial charge < -0.3 is 44.2 Å². The van der Waals surface area contributed by atoms with Crippen LogP contribution in [0.1, 0.15) is 48.8 Å². The van der Waals surface area contributed by atoms with Crippen molar-refractivity contribution in [2.24, 2.45) is 5.73 Å². The Labute approximate surface area is 254 Å². The van der Waals surface area contributed by atoms with Crippen LogP contribution in [0.4, 0.5) is 5.69 Å². The van der Waals surface area contributed by atoms with E-state index in [-0.39, 0.29) is 29.9 Å². The Morgan fingerprint density at radius 3 is 2.25 bits per heavy atom. The lowest BCUT2D eigenvalue weighted by Gasteiger charge is -2.40. The van der Waals surface area contributed by atoms with Crippen molar-refractivity contribution in [1.82, 2.24) is 0 Å². The number of halogens is 1. The minimum atomic E-state index is -0.111. The molecule has 1 heterocycles. The van der Waals surface area contributed by atoms with Crippen LogP contribution in [0, 0.1) is 0 Å². The number of carbonyl (C=O) groups is 2. The number of Topliss-reactive ketones (excluding diaryl/α,β-unsaturated/α-hetero) is 1. The Balaban J connectivity index is 0.00000370. The topological polar surface area (TPSA) is 81.4 Å². The number of hydrogen-bond acceptors (Lipinski definition) is 4. The highest BCUT2D eigenvalue weighted by molar-refractivity contribution is 6.07. The van der Waals surface area contributed by atoms with Gasteiger partial charge >= 0.3 is 0 Å². The second-order valence-corrected chi connectivity index (χ2v) is 11.3. The molecule has 1 saturated carbocycles. The molecule has 40 heavy (non-hydrogen) atoms. The fraction of sp³-hybridized carbons (Fsp3) is 0.333. The molecule has 0 spiro atoms. The predicted molar refractivity (Wildman–Crippen MR) is 156 cm³/mol. The van der Waals surface area contributed by atoms with Crippen molar-refractivity contribution in [3.63, 3.8) is 0 Å². The van der Waals surface area contributed by atoms with Gasteiger partial charge in [-0.25, -0.2) is 0 Å². The van der Waals surface area contributed by atoms with E-state index in [4.69, 9.17) is 10.5 Å². The summed E-state index contributed by atoms with van der Waals surface area (Å²) in [4.78, 5) is 24.9. The largest absolute Gasteiger partial charge is 1.00 e. The van der Waals surface area contributed by atoms with Crippen molar-refractivity contribution >= 4 is 23.5 Å². The van der Waals surface area contributed by atoms with Crippen molar-refractivity contribution in [2.45, 2.75) is 51.2 Å². The molecular weight excluding hydrogens is 613 g/mol. The molecule has 0 unspecified atom stereocenters. The second-order valence-electron chi connectivity index (χ2n) is 11.3. The van der Waals surface area contributed by atoms with Crippen LogP contribution in [0.3, 0.4) is 0 Å². The summed E-state index contributed by atoms with van der Waals surface area (Å²) in [6.07, 6.45) is 5.80. The predicted octanol–water partition coefficient (Wildman–Crippen LogP) is 2.71. The summed E-state index contributed by atoms with van der Waals surface area (Å²) < 4.78 is 6.82. The molecule has 1 fully saturated rings. The van der Waals surface area contributed by atoms with Crippen LogP contribution in [0.2, 0.25) is 0 Å². The summed E-state index contributed by atoms with van der Waals surface area (Å²) in [5, 5.41) is 3.07. The third-order valence-electron chi connectivity index (χ3n) is 8.09. The summed E-state index contributed by atoms with van der Waals surface area (Å²) >= 11 is 0. The molecule has 1 amide bonds. The van der Waals surface area contributed by atoms with E-state index in [1.165, 1.54) is 5.56 Å². The summed E-state index contributed by atoms with van der Waals surface area (Å²) in [5.41, 5.74) is 12.6. The maximum Gasteiger partial charge on any atom is 0.251 e. The lowest BCUT2D eigenvalue weighted by Crippen LogP contribution is -3.00. The van der Waals surface area contributed by atoms with E-state index in [9.17, 15) is 9.59 Å². The normalized spacial score (nSPS) is 15.7. The Hall–Kier alpha value is -3.01.